The van der Waals surface area contributed by atoms with Gasteiger partial charge in [0.15, 0.2) is 5.82 Å². The van der Waals surface area contributed by atoms with Crippen molar-refractivity contribution in [2.45, 2.75) is 25.5 Å². The second kappa shape index (κ2) is 7.21. The first kappa shape index (κ1) is 18.9. The number of hydrogen-bond donors (Lipinski definition) is 1. The Labute approximate surface area is 165 Å². The Bertz CT molecular complexity index is 1070. The SMILES string of the molecule is O=C(O)c1ccc2nc(Cc3c(F)cc(Br)cc3F)n(CC3CCO3)c2c1F. The Hall–Kier alpha value is -2.39. The van der Waals surface area contributed by atoms with Crippen LogP contribution in [0.5, 0.6) is 0 Å². The van der Waals surface area contributed by atoms with Crippen LogP contribution in [0.4, 0.5) is 13.2 Å². The summed E-state index contributed by atoms with van der Waals surface area (Å²) in [5.41, 5.74) is -0.484. The van der Waals surface area contributed by atoms with Gasteiger partial charge in [-0.25, -0.2) is 22.9 Å². The molecule has 0 aliphatic carbocycles. The smallest absolute Gasteiger partial charge is 0.338 e. The molecule has 1 unspecified atom stereocenters. The number of halogens is 4. The third-order valence-electron chi connectivity index (χ3n) is 4.78. The predicted molar refractivity (Wildman–Crippen MR) is 97.9 cm³/mol. The van der Waals surface area contributed by atoms with Crippen molar-refractivity contribution >= 4 is 32.9 Å². The molecule has 2 aromatic carbocycles. The van der Waals surface area contributed by atoms with Gasteiger partial charge in [-0.1, -0.05) is 15.9 Å². The van der Waals surface area contributed by atoms with E-state index in [0.717, 1.165) is 24.6 Å². The lowest BCUT2D eigenvalue weighted by atomic mass is 10.1. The molecule has 0 radical (unpaired) electrons. The minimum absolute atomic E-state index is 0.0108. The minimum Gasteiger partial charge on any atom is -0.478 e. The average Bonchev–Trinajstić information content (AvgIpc) is 2.92. The monoisotopic (exact) mass is 454 g/mol. The fourth-order valence-corrected chi connectivity index (χ4v) is 3.66. The fourth-order valence-electron chi connectivity index (χ4n) is 3.26. The van der Waals surface area contributed by atoms with Crippen LogP contribution in [0.2, 0.25) is 0 Å². The fraction of sp³-hybridized carbons (Fsp3) is 0.263. The molecule has 1 aliphatic heterocycles. The molecule has 4 rings (SSSR count). The lowest BCUT2D eigenvalue weighted by Gasteiger charge is -2.27. The standard InChI is InChI=1S/C19H14BrF3N2O3/c20-9-5-13(21)12(14(22)6-9)7-16-24-15-2-1-11(19(26)27)17(23)18(15)25(16)8-10-3-4-28-10/h1-2,5-6,10H,3-4,7-8H2,(H,26,27). The van der Waals surface area contributed by atoms with Gasteiger partial charge in [-0.3, -0.25) is 0 Å². The van der Waals surface area contributed by atoms with Crippen molar-refractivity contribution in [1.82, 2.24) is 9.55 Å². The molecule has 0 bridgehead atoms. The van der Waals surface area contributed by atoms with Crippen molar-refractivity contribution < 1.29 is 27.8 Å². The second-order valence-corrected chi connectivity index (χ2v) is 7.46. The summed E-state index contributed by atoms with van der Waals surface area (Å²) in [6.07, 6.45) is 0.345. The van der Waals surface area contributed by atoms with E-state index in [4.69, 9.17) is 4.74 Å². The first-order chi connectivity index (χ1) is 13.3. The number of imidazole rings is 1. The van der Waals surface area contributed by atoms with Crippen LogP contribution in [-0.2, 0) is 17.7 Å². The number of carbonyl (C=O) groups is 1. The molecule has 2 heterocycles. The van der Waals surface area contributed by atoms with Crippen LogP contribution in [0.1, 0.15) is 28.2 Å². The van der Waals surface area contributed by atoms with Crippen LogP contribution >= 0.6 is 15.9 Å². The van der Waals surface area contributed by atoms with Gasteiger partial charge < -0.3 is 14.4 Å². The number of carboxylic acid groups (broad SMARTS) is 1. The molecule has 1 fully saturated rings. The van der Waals surface area contributed by atoms with Crippen molar-refractivity contribution in [2.75, 3.05) is 6.61 Å². The molecule has 9 heteroatoms. The summed E-state index contributed by atoms with van der Waals surface area (Å²) in [5, 5.41) is 9.20. The largest absolute Gasteiger partial charge is 0.478 e. The summed E-state index contributed by atoms with van der Waals surface area (Å²) >= 11 is 3.03. The highest BCUT2D eigenvalue weighted by molar-refractivity contribution is 9.10. The van der Waals surface area contributed by atoms with Gasteiger partial charge in [0.2, 0.25) is 0 Å². The van der Waals surface area contributed by atoms with Crippen molar-refractivity contribution in [3.05, 3.63) is 63.1 Å². The molecule has 1 N–H and O–H groups in total. The molecule has 5 nitrogen and oxygen atoms in total. The van der Waals surface area contributed by atoms with Crippen LogP contribution in [-0.4, -0.2) is 33.3 Å². The maximum atomic E-state index is 14.9. The molecule has 0 amide bonds. The Balaban J connectivity index is 1.86. The zero-order valence-corrected chi connectivity index (χ0v) is 16.0. The van der Waals surface area contributed by atoms with Gasteiger partial charge in [-0.05, 0) is 30.7 Å². The molecular weight excluding hydrogens is 441 g/mol. The minimum atomic E-state index is -1.40. The topological polar surface area (TPSA) is 64.3 Å². The van der Waals surface area contributed by atoms with E-state index < -0.39 is 29.0 Å². The van der Waals surface area contributed by atoms with Crippen molar-refractivity contribution in [3.63, 3.8) is 0 Å². The molecule has 0 spiro atoms. The highest BCUT2D eigenvalue weighted by Crippen LogP contribution is 2.28. The van der Waals surface area contributed by atoms with E-state index >= 15 is 0 Å². The Morgan fingerprint density at radius 1 is 1.29 bits per heavy atom. The van der Waals surface area contributed by atoms with Gasteiger partial charge in [0.1, 0.15) is 23.0 Å². The number of ether oxygens (including phenoxy) is 1. The summed E-state index contributed by atoms with van der Waals surface area (Å²) < 4.78 is 50.6. The van der Waals surface area contributed by atoms with E-state index in [1.54, 1.807) is 0 Å². The molecular formula is C19H14BrF3N2O3. The van der Waals surface area contributed by atoms with Gasteiger partial charge in [0, 0.05) is 23.1 Å². The Kier molecular flexibility index (Phi) is 4.88. The first-order valence-electron chi connectivity index (χ1n) is 8.51. The van der Waals surface area contributed by atoms with E-state index in [0.29, 0.717) is 6.61 Å². The number of aromatic carboxylic acids is 1. The first-order valence-corrected chi connectivity index (χ1v) is 9.30. The lowest BCUT2D eigenvalue weighted by Crippen LogP contribution is -2.32. The lowest BCUT2D eigenvalue weighted by molar-refractivity contribution is -0.0590. The van der Waals surface area contributed by atoms with Crippen LogP contribution in [0.3, 0.4) is 0 Å². The van der Waals surface area contributed by atoms with Crippen LogP contribution in [0, 0.1) is 17.5 Å². The third-order valence-corrected chi connectivity index (χ3v) is 5.23. The van der Waals surface area contributed by atoms with E-state index in [1.807, 2.05) is 0 Å². The summed E-state index contributed by atoms with van der Waals surface area (Å²) in [6, 6.07) is 4.80. The highest BCUT2D eigenvalue weighted by Gasteiger charge is 2.26. The number of hydrogen-bond acceptors (Lipinski definition) is 3. The van der Waals surface area contributed by atoms with Crippen molar-refractivity contribution in [2.24, 2.45) is 0 Å². The van der Waals surface area contributed by atoms with Crippen LogP contribution < -0.4 is 0 Å². The summed E-state index contributed by atoms with van der Waals surface area (Å²) in [6.45, 7) is 0.789. The predicted octanol–water partition coefficient (Wildman–Crippen LogP) is 4.29. The molecule has 1 saturated heterocycles. The van der Waals surface area contributed by atoms with Gasteiger partial charge in [0.25, 0.3) is 0 Å². The maximum Gasteiger partial charge on any atom is 0.338 e. The molecule has 1 aliphatic rings. The molecule has 146 valence electrons. The van der Waals surface area contributed by atoms with Gasteiger partial charge >= 0.3 is 5.97 Å². The van der Waals surface area contributed by atoms with Crippen LogP contribution in [0.15, 0.2) is 28.7 Å². The van der Waals surface area contributed by atoms with Crippen molar-refractivity contribution in [1.29, 1.82) is 0 Å². The summed E-state index contributed by atoms with van der Waals surface area (Å²) in [5.74, 6) is -3.61. The van der Waals surface area contributed by atoms with E-state index in [9.17, 15) is 23.1 Å². The Morgan fingerprint density at radius 2 is 1.96 bits per heavy atom. The maximum absolute atomic E-state index is 14.9. The normalized spacial score (nSPS) is 16.4. The van der Waals surface area contributed by atoms with Gasteiger partial charge in [0.05, 0.1) is 23.7 Å². The highest BCUT2D eigenvalue weighted by atomic mass is 79.9. The molecule has 28 heavy (non-hydrogen) atoms. The van der Waals surface area contributed by atoms with Crippen molar-refractivity contribution in [3.8, 4) is 0 Å². The molecule has 1 atom stereocenters. The van der Waals surface area contributed by atoms with Gasteiger partial charge in [-0.2, -0.15) is 0 Å². The molecule has 0 saturated carbocycles. The number of rotatable bonds is 5. The number of benzene rings is 2. The summed E-state index contributed by atoms with van der Waals surface area (Å²) in [7, 11) is 0. The zero-order chi connectivity index (χ0) is 20.0. The van der Waals surface area contributed by atoms with Gasteiger partial charge in [-0.15, -0.1) is 0 Å². The van der Waals surface area contributed by atoms with E-state index in [-0.39, 0.29) is 46.0 Å². The molecule has 1 aromatic heterocycles. The molecule has 3 aromatic rings. The number of nitrogens with zero attached hydrogens (tertiary/aromatic N) is 2. The average molecular weight is 455 g/mol. The quantitative estimate of drug-likeness (QED) is 0.624. The number of aromatic nitrogens is 2. The van der Waals surface area contributed by atoms with E-state index in [1.165, 1.54) is 10.6 Å². The van der Waals surface area contributed by atoms with E-state index in [2.05, 4.69) is 20.9 Å². The summed E-state index contributed by atoms with van der Waals surface area (Å²) in [4.78, 5) is 15.6. The zero-order valence-electron chi connectivity index (χ0n) is 14.4. The Morgan fingerprint density at radius 3 is 2.54 bits per heavy atom. The number of carboxylic acids is 1. The third kappa shape index (κ3) is 3.29. The number of fused-ring (bicyclic) bond motifs is 1. The second-order valence-electron chi connectivity index (χ2n) is 6.54. The van der Waals surface area contributed by atoms with Crippen LogP contribution in [0.25, 0.3) is 11.0 Å².